The Kier molecular flexibility index (Phi) is 5.29. The zero-order valence-electron chi connectivity index (χ0n) is 11.9. The third-order valence-corrected chi connectivity index (χ3v) is 4.64. The van der Waals surface area contributed by atoms with E-state index in [2.05, 4.69) is 58.0 Å². The second-order valence-corrected chi connectivity index (χ2v) is 6.37. The lowest BCUT2D eigenvalue weighted by molar-refractivity contribution is 1.46. The fourth-order valence-corrected chi connectivity index (χ4v) is 3.15. The average molecular weight is 324 g/mol. The number of nitrogens with one attached hydrogen (secondary N) is 2. The van der Waals surface area contributed by atoms with E-state index in [4.69, 9.17) is 0 Å². The van der Waals surface area contributed by atoms with Crippen molar-refractivity contribution in [3.63, 3.8) is 0 Å². The number of hydrogen-bond acceptors (Lipinski definition) is 4. The average Bonchev–Trinajstić information content (AvgIpc) is 2.61. The molecule has 4 heteroatoms. The van der Waals surface area contributed by atoms with Crippen LogP contribution < -0.4 is 9.44 Å². The van der Waals surface area contributed by atoms with Gasteiger partial charge in [0.1, 0.15) is 0 Å². The number of anilines is 2. The normalized spacial score (nSPS) is 10.2. The fourth-order valence-electron chi connectivity index (χ4n) is 1.82. The summed E-state index contributed by atoms with van der Waals surface area (Å²) in [5, 5.41) is 0. The second-order valence-electron chi connectivity index (χ2n) is 4.61. The lowest BCUT2D eigenvalue weighted by Crippen LogP contribution is -1.89. The Labute approximate surface area is 139 Å². The molecule has 0 saturated carbocycles. The smallest absolute Gasteiger partial charge is 0.0444 e. The van der Waals surface area contributed by atoms with Gasteiger partial charge in [0, 0.05) is 21.2 Å². The first-order chi connectivity index (χ1) is 10.9. The third kappa shape index (κ3) is 4.48. The minimum Gasteiger partial charge on any atom is -0.326 e. The van der Waals surface area contributed by atoms with E-state index in [-0.39, 0.29) is 0 Å². The van der Waals surface area contributed by atoms with Crippen LogP contribution in [0.2, 0.25) is 0 Å². The number of rotatable bonds is 6. The topological polar surface area (TPSA) is 24.1 Å². The molecule has 0 unspecified atom stereocenters. The molecule has 3 rings (SSSR count). The largest absolute Gasteiger partial charge is 0.326 e. The molecule has 2 nitrogen and oxygen atoms in total. The first-order valence-electron chi connectivity index (χ1n) is 6.96. The van der Waals surface area contributed by atoms with E-state index in [1.54, 1.807) is 23.9 Å². The lowest BCUT2D eigenvalue weighted by atomic mass is 10.3. The van der Waals surface area contributed by atoms with Gasteiger partial charge in [-0.05, 0) is 72.4 Å². The zero-order chi connectivity index (χ0) is 15.0. The van der Waals surface area contributed by atoms with Gasteiger partial charge in [0.25, 0.3) is 0 Å². The molecule has 0 aliphatic rings. The fraction of sp³-hybridized carbons (Fsp3) is 0. The summed E-state index contributed by atoms with van der Waals surface area (Å²) < 4.78 is 6.69. The van der Waals surface area contributed by atoms with Gasteiger partial charge in [0.15, 0.2) is 0 Å². The molecule has 0 radical (unpaired) electrons. The molecule has 0 aliphatic heterocycles. The summed E-state index contributed by atoms with van der Waals surface area (Å²) in [6, 6.07) is 28.8. The Morgan fingerprint density at radius 2 is 0.818 bits per heavy atom. The second kappa shape index (κ2) is 7.82. The Morgan fingerprint density at radius 1 is 0.455 bits per heavy atom. The molecule has 3 aromatic carbocycles. The summed E-state index contributed by atoms with van der Waals surface area (Å²) in [5.41, 5.74) is 2.17. The van der Waals surface area contributed by atoms with E-state index in [0.717, 1.165) is 11.4 Å². The molecule has 0 bridgehead atoms. The molecule has 0 heterocycles. The molecule has 2 N–H and O–H groups in total. The highest BCUT2D eigenvalue weighted by Crippen LogP contribution is 2.24. The van der Waals surface area contributed by atoms with E-state index >= 15 is 0 Å². The molecule has 22 heavy (non-hydrogen) atoms. The minimum atomic E-state index is 1.09. The van der Waals surface area contributed by atoms with E-state index < -0.39 is 0 Å². The van der Waals surface area contributed by atoms with Crippen LogP contribution in [0.15, 0.2) is 94.7 Å². The summed E-state index contributed by atoms with van der Waals surface area (Å²) in [7, 11) is 0. The summed E-state index contributed by atoms with van der Waals surface area (Å²) in [6.07, 6.45) is 0. The van der Waals surface area contributed by atoms with E-state index in [9.17, 15) is 0 Å². The van der Waals surface area contributed by atoms with Crippen LogP contribution in [0.3, 0.4) is 0 Å². The first-order valence-corrected chi connectivity index (χ1v) is 8.59. The highest BCUT2D eigenvalue weighted by atomic mass is 32.2. The Morgan fingerprint density at radius 3 is 1.18 bits per heavy atom. The van der Waals surface area contributed by atoms with Gasteiger partial charge in [-0.15, -0.1) is 0 Å². The van der Waals surface area contributed by atoms with E-state index in [1.807, 2.05) is 36.4 Å². The molecule has 0 atom stereocenters. The molecular formula is C18H16N2S2. The van der Waals surface area contributed by atoms with Crippen LogP contribution in [0.5, 0.6) is 0 Å². The number of benzene rings is 3. The number of hydrogen-bond donors (Lipinski definition) is 2. The SMILES string of the molecule is c1ccc(SNc2ccc(NSc3ccccc3)cc2)cc1. The van der Waals surface area contributed by atoms with Crippen LogP contribution in [0.4, 0.5) is 11.4 Å². The van der Waals surface area contributed by atoms with Crippen LogP contribution in [-0.4, -0.2) is 0 Å². The molecule has 0 saturated heterocycles. The van der Waals surface area contributed by atoms with Crippen molar-refractivity contribution in [1.82, 2.24) is 0 Å². The summed E-state index contributed by atoms with van der Waals surface area (Å²) >= 11 is 3.23. The van der Waals surface area contributed by atoms with Crippen molar-refractivity contribution in [3.05, 3.63) is 84.9 Å². The predicted octanol–water partition coefficient (Wildman–Crippen LogP) is 5.93. The van der Waals surface area contributed by atoms with Gasteiger partial charge in [-0.3, -0.25) is 0 Å². The Balaban J connectivity index is 1.52. The predicted molar refractivity (Wildman–Crippen MR) is 98.3 cm³/mol. The molecule has 0 amide bonds. The first kappa shape index (κ1) is 14.9. The maximum absolute atomic E-state index is 3.34. The molecule has 0 aromatic heterocycles. The third-order valence-electron chi connectivity index (χ3n) is 2.94. The van der Waals surface area contributed by atoms with Crippen molar-refractivity contribution in [1.29, 1.82) is 0 Å². The van der Waals surface area contributed by atoms with Gasteiger partial charge < -0.3 is 9.44 Å². The van der Waals surface area contributed by atoms with E-state index in [1.165, 1.54) is 9.79 Å². The van der Waals surface area contributed by atoms with Crippen molar-refractivity contribution < 1.29 is 0 Å². The summed E-state index contributed by atoms with van der Waals surface area (Å²) in [5.74, 6) is 0. The maximum Gasteiger partial charge on any atom is 0.0444 e. The van der Waals surface area contributed by atoms with Gasteiger partial charge in [0.2, 0.25) is 0 Å². The Bertz CT molecular complexity index is 623. The van der Waals surface area contributed by atoms with Gasteiger partial charge in [-0.2, -0.15) is 0 Å². The molecular weight excluding hydrogens is 308 g/mol. The molecule has 0 spiro atoms. The standard InChI is InChI=1S/C18H16N2S2/c1-3-7-17(8-4-1)21-19-15-11-13-16(14-12-15)20-22-18-9-5-2-6-10-18/h1-14,19-20H. The van der Waals surface area contributed by atoms with Crippen LogP contribution in [0.25, 0.3) is 0 Å². The summed E-state index contributed by atoms with van der Waals surface area (Å²) in [6.45, 7) is 0. The van der Waals surface area contributed by atoms with Crippen molar-refractivity contribution in [2.45, 2.75) is 9.79 Å². The molecule has 0 aliphatic carbocycles. The highest BCUT2D eigenvalue weighted by Gasteiger charge is 1.97. The van der Waals surface area contributed by atoms with Crippen LogP contribution in [-0.2, 0) is 0 Å². The van der Waals surface area contributed by atoms with Crippen molar-refractivity contribution in [3.8, 4) is 0 Å². The van der Waals surface area contributed by atoms with Crippen molar-refractivity contribution in [2.24, 2.45) is 0 Å². The molecule has 110 valence electrons. The summed E-state index contributed by atoms with van der Waals surface area (Å²) in [4.78, 5) is 2.40. The monoisotopic (exact) mass is 324 g/mol. The minimum absolute atomic E-state index is 1.09. The van der Waals surface area contributed by atoms with Crippen LogP contribution in [0.1, 0.15) is 0 Å². The van der Waals surface area contributed by atoms with Gasteiger partial charge >= 0.3 is 0 Å². The molecule has 0 fully saturated rings. The van der Waals surface area contributed by atoms with Crippen molar-refractivity contribution >= 4 is 35.3 Å². The quantitative estimate of drug-likeness (QED) is 0.549. The molecule has 3 aromatic rings. The maximum atomic E-state index is 3.34. The Hall–Kier alpha value is -2.04. The van der Waals surface area contributed by atoms with E-state index in [0.29, 0.717) is 0 Å². The zero-order valence-corrected chi connectivity index (χ0v) is 13.5. The lowest BCUT2D eigenvalue weighted by Gasteiger charge is -2.08. The van der Waals surface area contributed by atoms with Crippen LogP contribution >= 0.6 is 23.9 Å². The van der Waals surface area contributed by atoms with Gasteiger partial charge in [-0.1, -0.05) is 36.4 Å². The van der Waals surface area contributed by atoms with Crippen LogP contribution in [0, 0.1) is 0 Å². The van der Waals surface area contributed by atoms with Gasteiger partial charge in [0.05, 0.1) is 0 Å². The van der Waals surface area contributed by atoms with Crippen molar-refractivity contribution in [2.75, 3.05) is 9.44 Å². The highest BCUT2D eigenvalue weighted by molar-refractivity contribution is 8.00. The van der Waals surface area contributed by atoms with Gasteiger partial charge in [-0.25, -0.2) is 0 Å².